The monoisotopic (exact) mass is 244 g/mol. The molecule has 0 heterocycles. The fourth-order valence-electron chi connectivity index (χ4n) is 1.51. The Balaban J connectivity index is 2.60. The van der Waals surface area contributed by atoms with Crippen LogP contribution in [0.2, 0.25) is 0 Å². The van der Waals surface area contributed by atoms with E-state index >= 15 is 0 Å². The van der Waals surface area contributed by atoms with Crippen LogP contribution in [0.25, 0.3) is 5.57 Å². The van der Waals surface area contributed by atoms with E-state index in [0.717, 1.165) is 24.0 Å². The quantitative estimate of drug-likeness (QED) is 0.327. The number of esters is 1. The Morgan fingerprint density at radius 3 is 2.61 bits per heavy atom. The van der Waals surface area contributed by atoms with Crippen molar-refractivity contribution in [3.63, 3.8) is 0 Å². The molecule has 0 aliphatic rings. The Hall–Kier alpha value is -1.83. The molecule has 0 amide bonds. The van der Waals surface area contributed by atoms with Gasteiger partial charge in [0.15, 0.2) is 0 Å². The number of unbranched alkanes of at least 4 members (excludes halogenated alkanes) is 1. The molecule has 0 aliphatic carbocycles. The lowest BCUT2D eigenvalue weighted by Gasteiger charge is -2.05. The molecule has 18 heavy (non-hydrogen) atoms. The van der Waals surface area contributed by atoms with Gasteiger partial charge in [-0.3, -0.25) is 0 Å². The molecule has 0 fully saturated rings. The van der Waals surface area contributed by atoms with E-state index in [0.29, 0.717) is 12.2 Å². The molecule has 1 aromatic rings. The Labute approximate surface area is 109 Å². The van der Waals surface area contributed by atoms with Crippen molar-refractivity contribution in [1.29, 1.82) is 0 Å². The predicted octanol–water partition coefficient (Wildman–Crippen LogP) is 3.99. The maximum absolute atomic E-state index is 11.6. The molecule has 0 atom stereocenters. The van der Waals surface area contributed by atoms with Gasteiger partial charge in [0.25, 0.3) is 0 Å². The summed E-state index contributed by atoms with van der Waals surface area (Å²) in [7, 11) is 0. The maximum atomic E-state index is 11.6. The van der Waals surface area contributed by atoms with E-state index < -0.39 is 0 Å². The zero-order valence-electron chi connectivity index (χ0n) is 11.1. The van der Waals surface area contributed by atoms with E-state index in [1.165, 1.54) is 0 Å². The number of hydrogen-bond donors (Lipinski definition) is 0. The number of hydrogen-bond acceptors (Lipinski definition) is 2. The summed E-state index contributed by atoms with van der Waals surface area (Å²) in [4.78, 5) is 11.6. The van der Waals surface area contributed by atoms with Gasteiger partial charge in [-0.1, -0.05) is 50.3 Å². The second-order valence-corrected chi connectivity index (χ2v) is 4.21. The first-order chi connectivity index (χ1) is 8.65. The van der Waals surface area contributed by atoms with Crippen LogP contribution in [0.4, 0.5) is 0 Å². The van der Waals surface area contributed by atoms with Crippen LogP contribution in [-0.2, 0) is 9.53 Å². The SMILES string of the molecule is C=C(C=C(C)c1ccccc1)C(=O)OCCCC. The summed E-state index contributed by atoms with van der Waals surface area (Å²) in [6, 6.07) is 9.90. The minimum atomic E-state index is -0.335. The Morgan fingerprint density at radius 2 is 2.00 bits per heavy atom. The van der Waals surface area contributed by atoms with Crippen molar-refractivity contribution < 1.29 is 9.53 Å². The van der Waals surface area contributed by atoms with Gasteiger partial charge in [0.05, 0.1) is 12.2 Å². The van der Waals surface area contributed by atoms with Crippen LogP contribution in [0.5, 0.6) is 0 Å². The summed E-state index contributed by atoms with van der Waals surface area (Å²) >= 11 is 0. The van der Waals surface area contributed by atoms with E-state index in [1.54, 1.807) is 6.08 Å². The van der Waals surface area contributed by atoms with Crippen LogP contribution >= 0.6 is 0 Å². The van der Waals surface area contributed by atoms with Crippen LogP contribution in [0, 0.1) is 0 Å². The number of carbonyl (C=O) groups is 1. The molecule has 0 aliphatic heterocycles. The van der Waals surface area contributed by atoms with Crippen molar-refractivity contribution in [3.8, 4) is 0 Å². The largest absolute Gasteiger partial charge is 0.462 e. The first-order valence-corrected chi connectivity index (χ1v) is 6.25. The van der Waals surface area contributed by atoms with Crippen LogP contribution in [0.15, 0.2) is 48.6 Å². The van der Waals surface area contributed by atoms with Gasteiger partial charge in [-0.05, 0) is 30.6 Å². The van der Waals surface area contributed by atoms with Crippen molar-refractivity contribution in [3.05, 3.63) is 54.1 Å². The Kier molecular flexibility index (Phi) is 5.92. The van der Waals surface area contributed by atoms with Gasteiger partial charge >= 0.3 is 5.97 Å². The number of rotatable bonds is 6. The topological polar surface area (TPSA) is 26.3 Å². The molecule has 1 rings (SSSR count). The molecular weight excluding hydrogens is 224 g/mol. The summed E-state index contributed by atoms with van der Waals surface area (Å²) in [5.41, 5.74) is 2.49. The fraction of sp³-hybridized carbons (Fsp3) is 0.312. The molecule has 96 valence electrons. The third-order valence-electron chi connectivity index (χ3n) is 2.61. The first-order valence-electron chi connectivity index (χ1n) is 6.25. The highest BCUT2D eigenvalue weighted by atomic mass is 16.5. The average Bonchev–Trinajstić information content (AvgIpc) is 2.39. The van der Waals surface area contributed by atoms with Crippen molar-refractivity contribution in [1.82, 2.24) is 0 Å². The van der Waals surface area contributed by atoms with E-state index in [2.05, 4.69) is 13.5 Å². The van der Waals surface area contributed by atoms with Gasteiger partial charge < -0.3 is 4.74 Å². The summed E-state index contributed by atoms with van der Waals surface area (Å²) in [6.45, 7) is 8.23. The van der Waals surface area contributed by atoms with E-state index in [4.69, 9.17) is 4.74 Å². The zero-order chi connectivity index (χ0) is 13.4. The molecule has 2 nitrogen and oxygen atoms in total. The fourth-order valence-corrected chi connectivity index (χ4v) is 1.51. The number of benzene rings is 1. The minimum absolute atomic E-state index is 0.335. The van der Waals surface area contributed by atoms with Gasteiger partial charge in [-0.15, -0.1) is 0 Å². The molecule has 1 aromatic carbocycles. The normalized spacial score (nSPS) is 11.1. The van der Waals surface area contributed by atoms with Crippen molar-refractivity contribution in [2.24, 2.45) is 0 Å². The van der Waals surface area contributed by atoms with Crippen LogP contribution in [0.3, 0.4) is 0 Å². The minimum Gasteiger partial charge on any atom is -0.462 e. The third-order valence-corrected chi connectivity index (χ3v) is 2.61. The molecule has 0 N–H and O–H groups in total. The van der Waals surface area contributed by atoms with Crippen LogP contribution < -0.4 is 0 Å². The highest BCUT2D eigenvalue weighted by Gasteiger charge is 2.06. The maximum Gasteiger partial charge on any atom is 0.337 e. The van der Waals surface area contributed by atoms with Gasteiger partial charge in [0.2, 0.25) is 0 Å². The average molecular weight is 244 g/mol. The summed E-state index contributed by atoms with van der Waals surface area (Å²) in [5.74, 6) is -0.335. The van der Waals surface area contributed by atoms with E-state index in [-0.39, 0.29) is 5.97 Å². The van der Waals surface area contributed by atoms with Crippen LogP contribution in [0.1, 0.15) is 32.3 Å². The van der Waals surface area contributed by atoms with Crippen molar-refractivity contribution >= 4 is 11.5 Å². The predicted molar refractivity (Wildman–Crippen MR) is 75.1 cm³/mol. The molecule has 0 saturated carbocycles. The van der Waals surface area contributed by atoms with Crippen molar-refractivity contribution in [2.75, 3.05) is 6.61 Å². The van der Waals surface area contributed by atoms with Gasteiger partial charge in [-0.2, -0.15) is 0 Å². The lowest BCUT2D eigenvalue weighted by atomic mass is 10.1. The molecule has 0 unspecified atom stereocenters. The zero-order valence-corrected chi connectivity index (χ0v) is 11.1. The number of carbonyl (C=O) groups excluding carboxylic acids is 1. The van der Waals surface area contributed by atoms with E-state index in [1.807, 2.05) is 37.3 Å². The third kappa shape index (κ3) is 4.58. The Bertz CT molecular complexity index is 430. The standard InChI is InChI=1S/C16H20O2/c1-4-5-11-18-16(17)14(3)12-13(2)15-9-7-6-8-10-15/h6-10,12H,3-5,11H2,1-2H3. The van der Waals surface area contributed by atoms with Crippen LogP contribution in [-0.4, -0.2) is 12.6 Å². The second-order valence-electron chi connectivity index (χ2n) is 4.21. The lowest BCUT2D eigenvalue weighted by molar-refractivity contribution is -0.138. The highest BCUT2D eigenvalue weighted by Crippen LogP contribution is 2.15. The summed E-state index contributed by atoms with van der Waals surface area (Å²) in [6.07, 6.45) is 3.67. The van der Waals surface area contributed by atoms with E-state index in [9.17, 15) is 4.79 Å². The lowest BCUT2D eigenvalue weighted by Crippen LogP contribution is -2.07. The van der Waals surface area contributed by atoms with Gasteiger partial charge in [0.1, 0.15) is 0 Å². The van der Waals surface area contributed by atoms with Gasteiger partial charge in [-0.25, -0.2) is 4.79 Å². The first kappa shape index (κ1) is 14.2. The molecule has 0 saturated heterocycles. The summed E-state index contributed by atoms with van der Waals surface area (Å²) < 4.78 is 5.10. The molecular formula is C16H20O2. The smallest absolute Gasteiger partial charge is 0.337 e. The number of ether oxygens (including phenoxy) is 1. The Morgan fingerprint density at radius 1 is 1.33 bits per heavy atom. The summed E-state index contributed by atoms with van der Waals surface area (Å²) in [5, 5.41) is 0. The van der Waals surface area contributed by atoms with Crippen molar-refractivity contribution in [2.45, 2.75) is 26.7 Å². The second kappa shape index (κ2) is 7.49. The molecule has 0 spiro atoms. The molecule has 0 bridgehead atoms. The molecule has 0 aromatic heterocycles. The molecule has 2 heteroatoms. The van der Waals surface area contributed by atoms with Gasteiger partial charge in [0, 0.05) is 0 Å². The number of allylic oxidation sites excluding steroid dienone is 1. The highest BCUT2D eigenvalue weighted by molar-refractivity contribution is 5.93. The molecule has 0 radical (unpaired) electrons.